The lowest BCUT2D eigenvalue weighted by atomic mass is 10.1. The van der Waals surface area contributed by atoms with Gasteiger partial charge in [0.2, 0.25) is 0 Å². The van der Waals surface area contributed by atoms with Crippen LogP contribution in [-0.4, -0.2) is 0 Å². The average molecular weight is 291 g/mol. The molecule has 2 rings (SSSR count). The van der Waals surface area contributed by atoms with Crippen LogP contribution in [-0.2, 0) is 6.54 Å². The number of nitrogens with one attached hydrogen (secondary N) is 1. The maximum absolute atomic E-state index is 5.78. The Labute approximate surface area is 110 Å². The van der Waals surface area contributed by atoms with Crippen LogP contribution in [0.1, 0.15) is 11.1 Å². The van der Waals surface area contributed by atoms with E-state index in [0.717, 1.165) is 28.0 Å². The number of nitrogen functional groups attached to an aromatic ring is 1. The van der Waals surface area contributed by atoms with E-state index < -0.39 is 0 Å². The third kappa shape index (κ3) is 3.24. The molecule has 0 fully saturated rings. The van der Waals surface area contributed by atoms with Gasteiger partial charge in [0.25, 0.3) is 0 Å². The van der Waals surface area contributed by atoms with E-state index in [9.17, 15) is 0 Å². The van der Waals surface area contributed by atoms with Gasteiger partial charge in [-0.3, -0.25) is 0 Å². The summed E-state index contributed by atoms with van der Waals surface area (Å²) < 4.78 is 1.10. The fourth-order valence-corrected chi connectivity index (χ4v) is 2.08. The van der Waals surface area contributed by atoms with Crippen LogP contribution in [0.3, 0.4) is 0 Å². The lowest BCUT2D eigenvalue weighted by Gasteiger charge is -2.09. The fourth-order valence-electron chi connectivity index (χ4n) is 1.64. The molecule has 0 bridgehead atoms. The zero-order valence-corrected chi connectivity index (χ0v) is 11.3. The van der Waals surface area contributed by atoms with Gasteiger partial charge in [-0.15, -0.1) is 0 Å². The Hall–Kier alpha value is -1.48. The summed E-state index contributed by atoms with van der Waals surface area (Å²) in [5, 5.41) is 3.38. The van der Waals surface area contributed by atoms with Gasteiger partial charge in [-0.25, -0.2) is 0 Å². The van der Waals surface area contributed by atoms with Crippen LogP contribution >= 0.6 is 15.9 Å². The van der Waals surface area contributed by atoms with Crippen LogP contribution in [0.5, 0.6) is 0 Å². The van der Waals surface area contributed by atoms with Crippen molar-refractivity contribution < 1.29 is 0 Å². The number of halogens is 1. The molecule has 17 heavy (non-hydrogen) atoms. The maximum atomic E-state index is 5.78. The van der Waals surface area contributed by atoms with Crippen molar-refractivity contribution in [2.75, 3.05) is 11.1 Å². The molecule has 0 saturated carbocycles. The zero-order valence-electron chi connectivity index (χ0n) is 9.70. The standard InChI is InChI=1S/C14H15BrN2/c1-10-7-13(5-6-14(10)16)17-9-11-3-2-4-12(15)8-11/h2-8,17H,9,16H2,1H3. The summed E-state index contributed by atoms with van der Waals surface area (Å²) in [7, 11) is 0. The van der Waals surface area contributed by atoms with Crippen LogP contribution in [0.2, 0.25) is 0 Å². The van der Waals surface area contributed by atoms with Gasteiger partial charge in [0.05, 0.1) is 0 Å². The highest BCUT2D eigenvalue weighted by Crippen LogP contribution is 2.18. The van der Waals surface area contributed by atoms with Crippen LogP contribution < -0.4 is 11.1 Å². The predicted molar refractivity (Wildman–Crippen MR) is 77.1 cm³/mol. The van der Waals surface area contributed by atoms with Crippen molar-refractivity contribution in [2.24, 2.45) is 0 Å². The van der Waals surface area contributed by atoms with E-state index in [1.807, 2.05) is 31.2 Å². The Balaban J connectivity index is 2.05. The molecule has 0 heterocycles. The van der Waals surface area contributed by atoms with Crippen molar-refractivity contribution in [3.8, 4) is 0 Å². The summed E-state index contributed by atoms with van der Waals surface area (Å²) in [5.74, 6) is 0. The number of hydrogen-bond acceptors (Lipinski definition) is 2. The highest BCUT2D eigenvalue weighted by molar-refractivity contribution is 9.10. The third-order valence-corrected chi connectivity index (χ3v) is 3.15. The van der Waals surface area contributed by atoms with Gasteiger partial charge in [0, 0.05) is 22.4 Å². The molecule has 0 unspecified atom stereocenters. The molecular weight excluding hydrogens is 276 g/mol. The molecule has 0 aliphatic heterocycles. The SMILES string of the molecule is Cc1cc(NCc2cccc(Br)c2)ccc1N. The molecule has 0 spiro atoms. The molecule has 0 aromatic heterocycles. The second-order valence-corrected chi connectivity index (χ2v) is 4.97. The molecule has 3 N–H and O–H groups in total. The summed E-state index contributed by atoms with van der Waals surface area (Å²) in [6.07, 6.45) is 0. The van der Waals surface area contributed by atoms with Crippen LogP contribution in [0.25, 0.3) is 0 Å². The van der Waals surface area contributed by atoms with Gasteiger partial charge in [0.1, 0.15) is 0 Å². The Morgan fingerprint density at radius 2 is 2.00 bits per heavy atom. The van der Waals surface area contributed by atoms with Crippen molar-refractivity contribution in [3.05, 3.63) is 58.1 Å². The smallest absolute Gasteiger partial charge is 0.0401 e. The molecule has 0 atom stereocenters. The molecule has 0 aliphatic rings. The molecule has 0 saturated heterocycles. The van der Waals surface area contributed by atoms with Crippen molar-refractivity contribution in [3.63, 3.8) is 0 Å². The molecular formula is C14H15BrN2. The predicted octanol–water partition coefficient (Wildman–Crippen LogP) is 3.95. The molecule has 0 amide bonds. The van der Waals surface area contributed by atoms with Crippen molar-refractivity contribution in [1.82, 2.24) is 0 Å². The minimum absolute atomic E-state index is 0.808. The molecule has 2 aromatic carbocycles. The van der Waals surface area contributed by atoms with E-state index in [-0.39, 0.29) is 0 Å². The van der Waals surface area contributed by atoms with Gasteiger partial charge in [-0.2, -0.15) is 0 Å². The van der Waals surface area contributed by atoms with Crippen LogP contribution in [0.15, 0.2) is 46.9 Å². The van der Waals surface area contributed by atoms with E-state index in [2.05, 4.69) is 39.4 Å². The van der Waals surface area contributed by atoms with Crippen molar-refractivity contribution in [2.45, 2.75) is 13.5 Å². The molecule has 3 heteroatoms. The van der Waals surface area contributed by atoms with E-state index >= 15 is 0 Å². The molecule has 88 valence electrons. The summed E-state index contributed by atoms with van der Waals surface area (Å²) in [6.45, 7) is 2.82. The van der Waals surface area contributed by atoms with Gasteiger partial charge in [0.15, 0.2) is 0 Å². The zero-order chi connectivity index (χ0) is 12.3. The van der Waals surface area contributed by atoms with Gasteiger partial charge < -0.3 is 11.1 Å². The topological polar surface area (TPSA) is 38.0 Å². The van der Waals surface area contributed by atoms with Crippen LogP contribution in [0, 0.1) is 6.92 Å². The summed E-state index contributed by atoms with van der Waals surface area (Å²) in [4.78, 5) is 0. The van der Waals surface area contributed by atoms with E-state index in [1.54, 1.807) is 0 Å². The number of hydrogen-bond donors (Lipinski definition) is 2. The fraction of sp³-hybridized carbons (Fsp3) is 0.143. The quantitative estimate of drug-likeness (QED) is 0.840. The highest BCUT2D eigenvalue weighted by Gasteiger charge is 1.97. The van der Waals surface area contributed by atoms with Gasteiger partial charge in [-0.1, -0.05) is 28.1 Å². The normalized spacial score (nSPS) is 10.2. The lowest BCUT2D eigenvalue weighted by molar-refractivity contribution is 1.14. The van der Waals surface area contributed by atoms with E-state index in [4.69, 9.17) is 5.73 Å². The Morgan fingerprint density at radius 1 is 1.18 bits per heavy atom. The number of benzene rings is 2. The summed E-state index contributed by atoms with van der Waals surface area (Å²) in [5.41, 5.74) is 10.1. The Morgan fingerprint density at radius 3 is 2.71 bits per heavy atom. The lowest BCUT2D eigenvalue weighted by Crippen LogP contribution is -2.00. The molecule has 2 nitrogen and oxygen atoms in total. The third-order valence-electron chi connectivity index (χ3n) is 2.66. The van der Waals surface area contributed by atoms with E-state index in [0.29, 0.717) is 0 Å². The van der Waals surface area contributed by atoms with Crippen molar-refractivity contribution in [1.29, 1.82) is 0 Å². The van der Waals surface area contributed by atoms with E-state index in [1.165, 1.54) is 5.56 Å². The summed E-state index contributed by atoms with van der Waals surface area (Å²) in [6, 6.07) is 14.3. The number of anilines is 2. The first kappa shape index (κ1) is 12.0. The van der Waals surface area contributed by atoms with Crippen molar-refractivity contribution >= 4 is 27.3 Å². The second-order valence-electron chi connectivity index (χ2n) is 4.05. The number of rotatable bonds is 3. The van der Waals surface area contributed by atoms with Gasteiger partial charge in [-0.05, 0) is 48.4 Å². The highest BCUT2D eigenvalue weighted by atomic mass is 79.9. The Bertz CT molecular complexity index is 523. The molecule has 0 aliphatic carbocycles. The second kappa shape index (κ2) is 5.23. The first-order valence-electron chi connectivity index (χ1n) is 5.49. The minimum atomic E-state index is 0.808. The largest absolute Gasteiger partial charge is 0.399 e. The number of aryl methyl sites for hydroxylation is 1. The number of nitrogens with two attached hydrogens (primary N) is 1. The first-order chi connectivity index (χ1) is 8.15. The average Bonchev–Trinajstić information content (AvgIpc) is 2.31. The molecule has 2 aromatic rings. The van der Waals surface area contributed by atoms with Gasteiger partial charge >= 0.3 is 0 Å². The minimum Gasteiger partial charge on any atom is -0.399 e. The maximum Gasteiger partial charge on any atom is 0.0401 e. The Kier molecular flexibility index (Phi) is 3.69. The monoisotopic (exact) mass is 290 g/mol. The molecule has 0 radical (unpaired) electrons. The first-order valence-corrected chi connectivity index (χ1v) is 6.29. The summed E-state index contributed by atoms with van der Waals surface area (Å²) >= 11 is 3.47. The van der Waals surface area contributed by atoms with Crippen LogP contribution in [0.4, 0.5) is 11.4 Å².